The molecule has 1 atom stereocenters. The van der Waals surface area contributed by atoms with Crippen LogP contribution in [0.5, 0.6) is 0 Å². The standard InChI is InChI=1S/C23H27ClN4O4/c1-4-32-21(30)17-12-19-20(29)28(18-11-7-10-16(24)14(18)2)23(3,13-27(19)26-17)22(31)25-15-8-5-6-9-15/h7,10-12,15H,4-6,8-9,13H2,1-3H3,(H,25,31). The number of carbonyl (C=O) groups excluding carboxylic acids is 3. The summed E-state index contributed by atoms with van der Waals surface area (Å²) in [7, 11) is 0. The predicted molar refractivity (Wildman–Crippen MR) is 120 cm³/mol. The topological polar surface area (TPSA) is 93.5 Å². The molecule has 0 saturated heterocycles. The first kappa shape index (κ1) is 22.3. The highest BCUT2D eigenvalue weighted by molar-refractivity contribution is 6.32. The van der Waals surface area contributed by atoms with Crippen LogP contribution in [0, 0.1) is 6.92 Å². The number of nitrogens with zero attached hydrogens (tertiary/aromatic N) is 3. The summed E-state index contributed by atoms with van der Waals surface area (Å²) in [6.07, 6.45) is 3.99. The van der Waals surface area contributed by atoms with E-state index in [1.54, 1.807) is 32.0 Å². The zero-order valence-electron chi connectivity index (χ0n) is 18.5. The highest BCUT2D eigenvalue weighted by atomic mass is 35.5. The second-order valence-electron chi connectivity index (χ2n) is 8.55. The van der Waals surface area contributed by atoms with Crippen molar-refractivity contribution in [3.8, 4) is 0 Å². The Balaban J connectivity index is 1.80. The van der Waals surface area contributed by atoms with Gasteiger partial charge in [0.1, 0.15) is 11.2 Å². The molecule has 0 spiro atoms. The molecule has 1 aliphatic heterocycles. The second-order valence-corrected chi connectivity index (χ2v) is 8.95. The fourth-order valence-corrected chi connectivity index (χ4v) is 4.68. The largest absolute Gasteiger partial charge is 0.461 e. The van der Waals surface area contributed by atoms with E-state index in [1.165, 1.54) is 15.6 Å². The number of fused-ring (bicyclic) bond motifs is 1. The molecule has 1 N–H and O–H groups in total. The van der Waals surface area contributed by atoms with Crippen LogP contribution in [0.25, 0.3) is 0 Å². The monoisotopic (exact) mass is 458 g/mol. The van der Waals surface area contributed by atoms with Gasteiger partial charge in [-0.05, 0) is 51.3 Å². The van der Waals surface area contributed by atoms with Crippen LogP contribution in [0.2, 0.25) is 5.02 Å². The molecule has 0 radical (unpaired) electrons. The molecule has 1 aliphatic carbocycles. The van der Waals surface area contributed by atoms with E-state index < -0.39 is 17.4 Å². The third kappa shape index (κ3) is 3.77. The van der Waals surface area contributed by atoms with E-state index in [9.17, 15) is 14.4 Å². The van der Waals surface area contributed by atoms with Crippen molar-refractivity contribution in [2.45, 2.75) is 64.6 Å². The van der Waals surface area contributed by atoms with Crippen molar-refractivity contribution in [1.29, 1.82) is 0 Å². The number of esters is 1. The van der Waals surface area contributed by atoms with Gasteiger partial charge < -0.3 is 10.1 Å². The third-order valence-electron chi connectivity index (χ3n) is 6.30. The van der Waals surface area contributed by atoms with E-state index in [0.717, 1.165) is 25.7 Å². The molecule has 2 aliphatic rings. The first-order chi connectivity index (χ1) is 15.3. The lowest BCUT2D eigenvalue weighted by Crippen LogP contribution is -2.65. The fourth-order valence-electron chi connectivity index (χ4n) is 4.51. The van der Waals surface area contributed by atoms with Crippen LogP contribution in [-0.4, -0.2) is 45.8 Å². The van der Waals surface area contributed by atoms with Gasteiger partial charge in [0.25, 0.3) is 5.91 Å². The van der Waals surface area contributed by atoms with E-state index >= 15 is 0 Å². The maximum atomic E-state index is 13.7. The van der Waals surface area contributed by atoms with Gasteiger partial charge in [-0.3, -0.25) is 19.2 Å². The molecule has 0 bridgehead atoms. The Hall–Kier alpha value is -2.87. The summed E-state index contributed by atoms with van der Waals surface area (Å²) in [5.74, 6) is -1.28. The quantitative estimate of drug-likeness (QED) is 0.692. The number of anilines is 1. The molecule has 8 nitrogen and oxygen atoms in total. The zero-order valence-corrected chi connectivity index (χ0v) is 19.2. The third-order valence-corrected chi connectivity index (χ3v) is 6.71. The summed E-state index contributed by atoms with van der Waals surface area (Å²) in [5.41, 5.74) is 0.245. The van der Waals surface area contributed by atoms with E-state index in [-0.39, 0.29) is 36.5 Å². The molecule has 170 valence electrons. The predicted octanol–water partition coefficient (Wildman–Crippen LogP) is 3.50. The van der Waals surface area contributed by atoms with Crippen LogP contribution in [0.15, 0.2) is 24.3 Å². The molecule has 4 rings (SSSR count). The van der Waals surface area contributed by atoms with Crippen LogP contribution in [0.3, 0.4) is 0 Å². The molecule has 2 aromatic rings. The van der Waals surface area contributed by atoms with Crippen molar-refractivity contribution in [2.75, 3.05) is 11.5 Å². The van der Waals surface area contributed by atoms with Gasteiger partial charge in [-0.1, -0.05) is 30.5 Å². The number of aromatic nitrogens is 2. The number of hydrogen-bond acceptors (Lipinski definition) is 5. The normalized spacial score (nSPS) is 20.9. The lowest BCUT2D eigenvalue weighted by molar-refractivity contribution is -0.127. The first-order valence-corrected chi connectivity index (χ1v) is 11.3. The van der Waals surface area contributed by atoms with E-state index in [4.69, 9.17) is 16.3 Å². The van der Waals surface area contributed by atoms with E-state index in [2.05, 4.69) is 10.4 Å². The summed E-state index contributed by atoms with van der Waals surface area (Å²) in [5, 5.41) is 7.91. The van der Waals surface area contributed by atoms with Crippen molar-refractivity contribution in [1.82, 2.24) is 15.1 Å². The van der Waals surface area contributed by atoms with Crippen molar-refractivity contribution >= 4 is 35.1 Å². The number of benzene rings is 1. The van der Waals surface area contributed by atoms with Crippen LogP contribution in [-0.2, 0) is 16.1 Å². The van der Waals surface area contributed by atoms with Crippen molar-refractivity contribution in [3.05, 3.63) is 46.2 Å². The first-order valence-electron chi connectivity index (χ1n) is 10.9. The number of carbonyl (C=O) groups is 3. The fraction of sp³-hybridized carbons (Fsp3) is 0.478. The van der Waals surface area contributed by atoms with Crippen molar-refractivity contribution < 1.29 is 19.1 Å². The molecule has 9 heteroatoms. The van der Waals surface area contributed by atoms with Crippen molar-refractivity contribution in [2.24, 2.45) is 0 Å². The van der Waals surface area contributed by atoms with Gasteiger partial charge in [0.15, 0.2) is 5.69 Å². The van der Waals surface area contributed by atoms with Gasteiger partial charge >= 0.3 is 5.97 Å². The lowest BCUT2D eigenvalue weighted by atomic mass is 9.92. The van der Waals surface area contributed by atoms with Gasteiger partial charge in [-0.15, -0.1) is 0 Å². The number of rotatable bonds is 5. The molecule has 2 amide bonds. The molecule has 1 aromatic carbocycles. The summed E-state index contributed by atoms with van der Waals surface area (Å²) in [6.45, 7) is 5.54. The van der Waals surface area contributed by atoms with E-state index in [1.807, 2.05) is 6.92 Å². The number of hydrogen-bond donors (Lipinski definition) is 1. The van der Waals surface area contributed by atoms with Gasteiger partial charge in [-0.25, -0.2) is 4.79 Å². The minimum atomic E-state index is -1.26. The lowest BCUT2D eigenvalue weighted by Gasteiger charge is -2.44. The number of amides is 2. The zero-order chi connectivity index (χ0) is 23.0. The van der Waals surface area contributed by atoms with Crippen molar-refractivity contribution in [3.63, 3.8) is 0 Å². The minimum absolute atomic E-state index is 0.0402. The summed E-state index contributed by atoms with van der Waals surface area (Å²) < 4.78 is 6.47. The Morgan fingerprint density at radius 3 is 2.72 bits per heavy atom. The summed E-state index contributed by atoms with van der Waals surface area (Å²) in [4.78, 5) is 41.0. The SMILES string of the molecule is CCOC(=O)c1cc2n(n1)CC(C)(C(=O)NC1CCCC1)N(c1cccc(Cl)c1C)C2=O. The molecule has 1 saturated carbocycles. The molecule has 2 heterocycles. The van der Waals surface area contributed by atoms with Gasteiger partial charge in [0.2, 0.25) is 5.91 Å². The average Bonchev–Trinajstić information content (AvgIpc) is 3.41. The smallest absolute Gasteiger partial charge is 0.358 e. The Morgan fingerprint density at radius 1 is 1.31 bits per heavy atom. The maximum absolute atomic E-state index is 13.7. The van der Waals surface area contributed by atoms with Gasteiger partial charge in [-0.2, -0.15) is 5.10 Å². The average molecular weight is 459 g/mol. The maximum Gasteiger partial charge on any atom is 0.358 e. The van der Waals surface area contributed by atoms with Crippen LogP contribution < -0.4 is 10.2 Å². The number of nitrogens with one attached hydrogen (secondary N) is 1. The Kier molecular flexibility index (Phi) is 5.99. The molecule has 1 aromatic heterocycles. The molecular formula is C23H27ClN4O4. The van der Waals surface area contributed by atoms with Gasteiger partial charge in [0, 0.05) is 22.8 Å². The summed E-state index contributed by atoms with van der Waals surface area (Å²) in [6, 6.07) is 6.78. The molecule has 32 heavy (non-hydrogen) atoms. The van der Waals surface area contributed by atoms with Gasteiger partial charge in [0.05, 0.1) is 13.2 Å². The molecule has 1 unspecified atom stereocenters. The van der Waals surface area contributed by atoms with Crippen LogP contribution in [0.4, 0.5) is 5.69 Å². The van der Waals surface area contributed by atoms with Crippen LogP contribution in [0.1, 0.15) is 66.1 Å². The van der Waals surface area contributed by atoms with Crippen LogP contribution >= 0.6 is 11.6 Å². The Morgan fingerprint density at radius 2 is 2.03 bits per heavy atom. The molecular weight excluding hydrogens is 432 g/mol. The Bertz CT molecular complexity index is 1080. The highest BCUT2D eigenvalue weighted by Gasteiger charge is 2.50. The number of ether oxygens (including phenoxy) is 1. The number of halogens is 1. The minimum Gasteiger partial charge on any atom is -0.461 e. The highest BCUT2D eigenvalue weighted by Crippen LogP contribution is 2.37. The van der Waals surface area contributed by atoms with E-state index in [0.29, 0.717) is 16.3 Å². The summed E-state index contributed by atoms with van der Waals surface area (Å²) >= 11 is 6.35. The molecule has 1 fully saturated rings. The Labute approximate surface area is 191 Å². The second kappa shape index (κ2) is 8.58.